The third-order valence-corrected chi connectivity index (χ3v) is 5.78. The van der Waals surface area contributed by atoms with Gasteiger partial charge in [0.1, 0.15) is 17.6 Å². The van der Waals surface area contributed by atoms with Crippen LogP contribution in [0.2, 0.25) is 0 Å². The predicted molar refractivity (Wildman–Crippen MR) is 120 cm³/mol. The smallest absolute Gasteiger partial charge is 0.148 e. The molecule has 31 heavy (non-hydrogen) atoms. The average molecular weight is 409 g/mol. The molecule has 3 aromatic heterocycles. The number of likely N-dealkylation sites (tertiary alicyclic amines) is 1. The number of hydrogen-bond acceptors (Lipinski definition) is 6. The number of piperidine rings is 1. The molecule has 1 aliphatic heterocycles. The van der Waals surface area contributed by atoms with Gasteiger partial charge in [0.05, 0.1) is 36.0 Å². The highest BCUT2D eigenvalue weighted by Gasteiger charge is 2.25. The fourth-order valence-electron chi connectivity index (χ4n) is 4.21. The molecule has 0 aliphatic carbocycles. The number of pyridine rings is 1. The van der Waals surface area contributed by atoms with E-state index in [0.29, 0.717) is 11.5 Å². The second-order valence-corrected chi connectivity index (χ2v) is 7.88. The molecule has 0 radical (unpaired) electrons. The Morgan fingerprint density at radius 3 is 2.84 bits per heavy atom. The van der Waals surface area contributed by atoms with E-state index in [1.54, 1.807) is 18.5 Å². The van der Waals surface area contributed by atoms with Crippen molar-refractivity contribution in [2.45, 2.75) is 31.8 Å². The summed E-state index contributed by atoms with van der Waals surface area (Å²) >= 11 is 0. The number of nitriles is 1. The van der Waals surface area contributed by atoms with E-state index >= 15 is 0 Å². The van der Waals surface area contributed by atoms with Crippen molar-refractivity contribution in [3.05, 3.63) is 78.1 Å². The van der Waals surface area contributed by atoms with Crippen molar-refractivity contribution >= 4 is 22.4 Å². The number of aromatic amines is 1. The molecule has 0 bridgehead atoms. The zero-order chi connectivity index (χ0) is 21.0. The van der Waals surface area contributed by atoms with Gasteiger partial charge in [-0.15, -0.1) is 0 Å². The Bertz CT molecular complexity index is 1210. The van der Waals surface area contributed by atoms with Crippen molar-refractivity contribution in [3.8, 4) is 6.07 Å². The van der Waals surface area contributed by atoms with Gasteiger partial charge in [0, 0.05) is 18.3 Å². The van der Waals surface area contributed by atoms with Gasteiger partial charge in [-0.1, -0.05) is 12.5 Å². The summed E-state index contributed by atoms with van der Waals surface area (Å²) < 4.78 is 0. The van der Waals surface area contributed by atoms with E-state index in [1.165, 1.54) is 29.3 Å². The molecule has 1 fully saturated rings. The molecule has 0 spiro atoms. The van der Waals surface area contributed by atoms with E-state index in [1.807, 2.05) is 24.5 Å². The van der Waals surface area contributed by atoms with Gasteiger partial charge in [-0.25, -0.2) is 9.97 Å². The van der Waals surface area contributed by atoms with Gasteiger partial charge in [-0.05, 0) is 60.7 Å². The van der Waals surface area contributed by atoms with Gasteiger partial charge in [0.15, 0.2) is 0 Å². The Balaban J connectivity index is 1.30. The fraction of sp³-hybridized carbons (Fsp3) is 0.250. The van der Waals surface area contributed by atoms with Crippen molar-refractivity contribution in [2.24, 2.45) is 0 Å². The van der Waals surface area contributed by atoms with E-state index in [4.69, 9.17) is 10.2 Å². The summed E-state index contributed by atoms with van der Waals surface area (Å²) in [6, 6.07) is 14.5. The first-order valence-electron chi connectivity index (χ1n) is 10.5. The van der Waals surface area contributed by atoms with E-state index in [9.17, 15) is 0 Å². The van der Waals surface area contributed by atoms with Crippen LogP contribution in [0.25, 0.3) is 10.9 Å². The number of nitrogens with one attached hydrogen (secondary N) is 2. The quantitative estimate of drug-likeness (QED) is 0.496. The summed E-state index contributed by atoms with van der Waals surface area (Å²) in [5.74, 6) is 0.663. The number of aromatic nitrogens is 4. The molecular formula is C24H23N7. The van der Waals surface area contributed by atoms with Crippen LogP contribution in [-0.2, 0) is 6.54 Å². The van der Waals surface area contributed by atoms with Crippen LogP contribution < -0.4 is 5.32 Å². The number of fused-ring (bicyclic) bond motifs is 1. The standard InChI is InChI=1S/C24H23N7/c25-12-19-5-6-20(13-27-19)30-24-15-28-22(14-29-24)23-3-1-2-10-31(23)16-17-4-7-21-18(11-17)8-9-26-21/h4-9,11,13-15,23,26H,1-3,10,16H2,(H,29,30)/t23-/m0/s1. The van der Waals surface area contributed by atoms with Crippen LogP contribution in [0.15, 0.2) is 61.2 Å². The van der Waals surface area contributed by atoms with E-state index in [0.717, 1.165) is 30.9 Å². The maximum atomic E-state index is 8.86. The fourth-order valence-corrected chi connectivity index (χ4v) is 4.21. The molecule has 154 valence electrons. The van der Waals surface area contributed by atoms with Gasteiger partial charge < -0.3 is 10.3 Å². The van der Waals surface area contributed by atoms with E-state index < -0.39 is 0 Å². The number of anilines is 2. The predicted octanol–water partition coefficient (Wildman–Crippen LogP) is 4.70. The summed E-state index contributed by atoms with van der Waals surface area (Å²) in [4.78, 5) is 19.1. The van der Waals surface area contributed by atoms with Crippen molar-refractivity contribution in [2.75, 3.05) is 11.9 Å². The summed E-state index contributed by atoms with van der Waals surface area (Å²) in [5, 5.41) is 13.3. The normalized spacial score (nSPS) is 16.8. The number of H-pyrrole nitrogens is 1. The number of rotatable bonds is 5. The van der Waals surface area contributed by atoms with Crippen molar-refractivity contribution < 1.29 is 0 Å². The first-order valence-corrected chi connectivity index (χ1v) is 10.5. The zero-order valence-corrected chi connectivity index (χ0v) is 17.1. The third kappa shape index (κ3) is 4.25. The Kier molecular flexibility index (Phi) is 5.29. The maximum Gasteiger partial charge on any atom is 0.148 e. The highest BCUT2D eigenvalue weighted by atomic mass is 15.2. The monoisotopic (exact) mass is 409 g/mol. The minimum atomic E-state index is 0.272. The highest BCUT2D eigenvalue weighted by molar-refractivity contribution is 5.79. The average Bonchev–Trinajstić information content (AvgIpc) is 3.29. The maximum absolute atomic E-state index is 8.86. The van der Waals surface area contributed by atoms with Crippen LogP contribution in [0, 0.1) is 11.3 Å². The zero-order valence-electron chi connectivity index (χ0n) is 17.1. The molecule has 0 amide bonds. The van der Waals surface area contributed by atoms with Gasteiger partial charge in [0.2, 0.25) is 0 Å². The molecule has 1 aliphatic rings. The summed E-state index contributed by atoms with van der Waals surface area (Å²) in [7, 11) is 0. The molecule has 5 rings (SSSR count). The van der Waals surface area contributed by atoms with Crippen molar-refractivity contribution in [1.29, 1.82) is 5.26 Å². The Morgan fingerprint density at radius 1 is 1.06 bits per heavy atom. The summed E-state index contributed by atoms with van der Waals surface area (Å²) in [6.07, 6.45) is 10.8. The van der Waals surface area contributed by atoms with Crippen LogP contribution in [0.5, 0.6) is 0 Å². The highest BCUT2D eigenvalue weighted by Crippen LogP contribution is 2.31. The lowest BCUT2D eigenvalue weighted by Crippen LogP contribution is -2.33. The van der Waals surface area contributed by atoms with E-state index in [-0.39, 0.29) is 6.04 Å². The van der Waals surface area contributed by atoms with E-state index in [2.05, 4.69) is 49.4 Å². The van der Waals surface area contributed by atoms with Gasteiger partial charge in [-0.2, -0.15) is 5.26 Å². The molecule has 7 nitrogen and oxygen atoms in total. The molecule has 2 N–H and O–H groups in total. The summed E-state index contributed by atoms with van der Waals surface area (Å²) in [6.45, 7) is 1.97. The van der Waals surface area contributed by atoms with Crippen molar-refractivity contribution in [1.82, 2.24) is 24.8 Å². The molecule has 4 heterocycles. The number of hydrogen-bond donors (Lipinski definition) is 2. The van der Waals surface area contributed by atoms with Crippen LogP contribution in [-0.4, -0.2) is 31.4 Å². The van der Waals surface area contributed by atoms with Gasteiger partial charge >= 0.3 is 0 Å². The molecular weight excluding hydrogens is 386 g/mol. The lowest BCUT2D eigenvalue weighted by atomic mass is 9.98. The van der Waals surface area contributed by atoms with Crippen molar-refractivity contribution in [3.63, 3.8) is 0 Å². The minimum Gasteiger partial charge on any atom is -0.361 e. The molecule has 1 aromatic carbocycles. The third-order valence-electron chi connectivity index (χ3n) is 5.78. The lowest BCUT2D eigenvalue weighted by molar-refractivity contribution is 0.137. The van der Waals surface area contributed by atoms with Gasteiger partial charge in [-0.3, -0.25) is 9.88 Å². The number of nitrogens with zero attached hydrogens (tertiary/aromatic N) is 5. The molecule has 1 atom stereocenters. The molecule has 7 heteroatoms. The molecule has 0 unspecified atom stereocenters. The van der Waals surface area contributed by atoms with Crippen LogP contribution in [0.1, 0.15) is 42.3 Å². The van der Waals surface area contributed by atoms with Crippen LogP contribution in [0.4, 0.5) is 11.5 Å². The largest absolute Gasteiger partial charge is 0.361 e. The molecule has 1 saturated heterocycles. The van der Waals surface area contributed by atoms with Gasteiger partial charge in [0.25, 0.3) is 0 Å². The first kappa shape index (κ1) is 19.2. The lowest BCUT2D eigenvalue weighted by Gasteiger charge is -2.35. The minimum absolute atomic E-state index is 0.272. The van der Waals surface area contributed by atoms with Crippen LogP contribution >= 0.6 is 0 Å². The Morgan fingerprint density at radius 2 is 2.03 bits per heavy atom. The summed E-state index contributed by atoms with van der Waals surface area (Å²) in [5.41, 5.74) is 4.66. The number of benzene rings is 1. The first-order chi connectivity index (χ1) is 15.3. The Hall–Kier alpha value is -3.76. The molecule has 0 saturated carbocycles. The second-order valence-electron chi connectivity index (χ2n) is 7.88. The Labute approximate surface area is 180 Å². The topological polar surface area (TPSA) is 93.5 Å². The molecule has 4 aromatic rings. The second kappa shape index (κ2) is 8.54. The van der Waals surface area contributed by atoms with Crippen LogP contribution in [0.3, 0.4) is 0 Å². The SMILES string of the molecule is N#Cc1ccc(Nc2cnc([C@@H]3CCCCN3Cc3ccc4[nH]ccc4c3)cn2)cn1.